The van der Waals surface area contributed by atoms with Crippen molar-refractivity contribution in [1.82, 2.24) is 13.7 Å². The maximum atomic E-state index is 13.5. The van der Waals surface area contributed by atoms with Gasteiger partial charge in [0.15, 0.2) is 0 Å². The average Bonchev–Trinajstić information content (AvgIpc) is 3.17. The summed E-state index contributed by atoms with van der Waals surface area (Å²) in [5.74, 6) is -0.967. The summed E-state index contributed by atoms with van der Waals surface area (Å²) in [5.41, 5.74) is 4.58. The number of carboxylic acids is 1. The standard InChI is InChI=1S/C23H25N3O4/c1-15-7-6-10-20-22(15)16(12-24(20)2)13-25-18-8-4-5-9-19(18)26(23(25)29)17(14-30-3)11-21(27)28/h4-10,12,17H,11,13-14H2,1-3H3,(H,27,28). The lowest BCUT2D eigenvalue weighted by molar-refractivity contribution is -0.138. The Morgan fingerprint density at radius 1 is 1.10 bits per heavy atom. The SMILES string of the molecule is COCC(CC(=O)O)n1c(=O)n(Cc2cn(C)c3cccc(C)c23)c2ccccc21. The van der Waals surface area contributed by atoms with Gasteiger partial charge in [0.25, 0.3) is 0 Å². The molecule has 1 atom stereocenters. The molecule has 0 amide bonds. The van der Waals surface area contributed by atoms with E-state index >= 15 is 0 Å². The molecule has 0 spiro atoms. The van der Waals surface area contributed by atoms with Crippen molar-refractivity contribution in [3.05, 3.63) is 70.3 Å². The second kappa shape index (κ2) is 7.84. The van der Waals surface area contributed by atoms with E-state index in [2.05, 4.69) is 29.8 Å². The highest BCUT2D eigenvalue weighted by Gasteiger charge is 2.23. The molecule has 0 fully saturated rings. The molecule has 0 aliphatic heterocycles. The Morgan fingerprint density at radius 3 is 2.50 bits per heavy atom. The van der Waals surface area contributed by atoms with Crippen LogP contribution in [0, 0.1) is 6.92 Å². The van der Waals surface area contributed by atoms with Crippen LogP contribution in [0.2, 0.25) is 0 Å². The summed E-state index contributed by atoms with van der Waals surface area (Å²) in [6.45, 7) is 2.62. The smallest absolute Gasteiger partial charge is 0.329 e. The first-order valence-electron chi connectivity index (χ1n) is 9.86. The van der Waals surface area contributed by atoms with E-state index in [-0.39, 0.29) is 18.7 Å². The number of rotatable bonds is 7. The number of benzene rings is 2. The minimum Gasteiger partial charge on any atom is -0.481 e. The molecule has 0 saturated heterocycles. The summed E-state index contributed by atoms with van der Waals surface area (Å²) in [6.07, 6.45) is 1.87. The minimum absolute atomic E-state index is 0.146. The number of carboxylic acid groups (broad SMARTS) is 1. The van der Waals surface area contributed by atoms with E-state index in [1.165, 1.54) is 7.11 Å². The number of hydrogen-bond acceptors (Lipinski definition) is 3. The van der Waals surface area contributed by atoms with Crippen LogP contribution in [0.3, 0.4) is 0 Å². The third-order valence-corrected chi connectivity index (χ3v) is 5.63. The molecule has 30 heavy (non-hydrogen) atoms. The number of hydrogen-bond donors (Lipinski definition) is 1. The van der Waals surface area contributed by atoms with E-state index in [0.717, 1.165) is 27.5 Å². The molecule has 2 heterocycles. The molecule has 7 heteroatoms. The first kappa shape index (κ1) is 20.0. The van der Waals surface area contributed by atoms with Crippen LogP contribution < -0.4 is 5.69 Å². The van der Waals surface area contributed by atoms with Crippen LogP contribution in [0.25, 0.3) is 21.9 Å². The van der Waals surface area contributed by atoms with Gasteiger partial charge in [0.05, 0.1) is 36.6 Å². The summed E-state index contributed by atoms with van der Waals surface area (Å²) < 4.78 is 10.6. The van der Waals surface area contributed by atoms with Crippen molar-refractivity contribution in [3.8, 4) is 0 Å². The van der Waals surface area contributed by atoms with Crippen LogP contribution in [0.1, 0.15) is 23.6 Å². The van der Waals surface area contributed by atoms with Gasteiger partial charge in [0, 0.05) is 31.3 Å². The quantitative estimate of drug-likeness (QED) is 0.510. The van der Waals surface area contributed by atoms with E-state index in [1.54, 1.807) is 9.13 Å². The van der Waals surface area contributed by atoms with Crippen LogP contribution in [0.15, 0.2) is 53.5 Å². The van der Waals surface area contributed by atoms with Crippen molar-refractivity contribution in [3.63, 3.8) is 0 Å². The molecule has 1 N–H and O–H groups in total. The van der Waals surface area contributed by atoms with Crippen molar-refractivity contribution in [2.75, 3.05) is 13.7 Å². The number of para-hydroxylation sites is 2. The minimum atomic E-state index is -0.967. The highest BCUT2D eigenvalue weighted by atomic mass is 16.5. The molecule has 0 bridgehead atoms. The molecule has 0 radical (unpaired) electrons. The predicted molar refractivity (Wildman–Crippen MR) is 116 cm³/mol. The van der Waals surface area contributed by atoms with Crippen molar-refractivity contribution < 1.29 is 14.6 Å². The lowest BCUT2D eigenvalue weighted by Gasteiger charge is -2.15. The second-order valence-corrected chi connectivity index (χ2v) is 7.67. The van der Waals surface area contributed by atoms with Gasteiger partial charge in [-0.3, -0.25) is 13.9 Å². The zero-order chi connectivity index (χ0) is 21.4. The lowest BCUT2D eigenvalue weighted by Crippen LogP contribution is -2.31. The Morgan fingerprint density at radius 2 is 1.80 bits per heavy atom. The summed E-state index contributed by atoms with van der Waals surface area (Å²) >= 11 is 0. The van der Waals surface area contributed by atoms with Gasteiger partial charge in [0.1, 0.15) is 0 Å². The monoisotopic (exact) mass is 407 g/mol. The van der Waals surface area contributed by atoms with Crippen molar-refractivity contribution in [2.45, 2.75) is 25.9 Å². The zero-order valence-electron chi connectivity index (χ0n) is 17.3. The van der Waals surface area contributed by atoms with Gasteiger partial charge in [-0.25, -0.2) is 4.79 Å². The Bertz CT molecular complexity index is 1300. The molecule has 2 aromatic heterocycles. The molecule has 0 saturated carbocycles. The third kappa shape index (κ3) is 3.31. The summed E-state index contributed by atoms with van der Waals surface area (Å²) in [4.78, 5) is 24.9. The molecule has 0 aliphatic rings. The Kier molecular flexibility index (Phi) is 5.22. The van der Waals surface area contributed by atoms with Gasteiger partial charge in [-0.15, -0.1) is 0 Å². The fourth-order valence-electron chi connectivity index (χ4n) is 4.38. The number of fused-ring (bicyclic) bond motifs is 2. The first-order chi connectivity index (χ1) is 14.4. The van der Waals surface area contributed by atoms with Crippen LogP contribution in [-0.4, -0.2) is 38.5 Å². The third-order valence-electron chi connectivity index (χ3n) is 5.63. The van der Waals surface area contributed by atoms with E-state index in [4.69, 9.17) is 4.74 Å². The number of aryl methyl sites for hydroxylation is 2. The van der Waals surface area contributed by atoms with E-state index in [1.807, 2.05) is 37.4 Å². The van der Waals surface area contributed by atoms with Crippen LogP contribution in [-0.2, 0) is 23.1 Å². The summed E-state index contributed by atoms with van der Waals surface area (Å²) in [7, 11) is 3.51. The van der Waals surface area contributed by atoms with Gasteiger partial charge in [-0.2, -0.15) is 0 Å². The maximum absolute atomic E-state index is 13.5. The molecular formula is C23H25N3O4. The number of nitrogens with zero attached hydrogens (tertiary/aromatic N) is 3. The van der Waals surface area contributed by atoms with Crippen molar-refractivity contribution in [2.24, 2.45) is 7.05 Å². The number of aliphatic carboxylic acids is 1. The molecule has 4 aromatic rings. The Labute approximate surface area is 173 Å². The van der Waals surface area contributed by atoms with Crippen LogP contribution in [0.4, 0.5) is 0 Å². The van der Waals surface area contributed by atoms with Crippen molar-refractivity contribution >= 4 is 27.9 Å². The largest absolute Gasteiger partial charge is 0.481 e. The van der Waals surface area contributed by atoms with Gasteiger partial charge >= 0.3 is 11.7 Å². The Balaban J connectivity index is 1.90. The van der Waals surface area contributed by atoms with Gasteiger partial charge in [-0.1, -0.05) is 24.3 Å². The van der Waals surface area contributed by atoms with Crippen LogP contribution in [0.5, 0.6) is 0 Å². The number of carbonyl (C=O) groups is 1. The highest BCUT2D eigenvalue weighted by Crippen LogP contribution is 2.26. The normalized spacial score (nSPS) is 12.6. The zero-order valence-corrected chi connectivity index (χ0v) is 17.3. The molecule has 7 nitrogen and oxygen atoms in total. The molecule has 4 rings (SSSR count). The molecule has 1 unspecified atom stereocenters. The number of methoxy groups -OCH3 is 1. The van der Waals surface area contributed by atoms with Crippen LogP contribution >= 0.6 is 0 Å². The highest BCUT2D eigenvalue weighted by molar-refractivity contribution is 5.87. The maximum Gasteiger partial charge on any atom is 0.329 e. The van der Waals surface area contributed by atoms with Gasteiger partial charge < -0.3 is 14.4 Å². The second-order valence-electron chi connectivity index (χ2n) is 7.67. The average molecular weight is 407 g/mol. The molecule has 0 aliphatic carbocycles. The lowest BCUT2D eigenvalue weighted by atomic mass is 10.1. The van der Waals surface area contributed by atoms with Crippen molar-refractivity contribution in [1.29, 1.82) is 0 Å². The first-order valence-corrected chi connectivity index (χ1v) is 9.86. The number of ether oxygens (including phenoxy) is 1. The fraction of sp³-hybridized carbons (Fsp3) is 0.304. The fourth-order valence-corrected chi connectivity index (χ4v) is 4.38. The topological polar surface area (TPSA) is 78.4 Å². The van der Waals surface area contributed by atoms with E-state index < -0.39 is 12.0 Å². The molecular weight excluding hydrogens is 382 g/mol. The molecule has 2 aromatic carbocycles. The number of aromatic nitrogens is 3. The predicted octanol–water partition coefficient (Wildman–Crippen LogP) is 3.31. The van der Waals surface area contributed by atoms with E-state index in [0.29, 0.717) is 12.1 Å². The summed E-state index contributed by atoms with van der Waals surface area (Å²) in [5, 5.41) is 10.5. The number of imidazole rings is 1. The Hall–Kier alpha value is -3.32. The van der Waals surface area contributed by atoms with Gasteiger partial charge in [-0.05, 0) is 36.2 Å². The molecule has 156 valence electrons. The summed E-state index contributed by atoms with van der Waals surface area (Å²) in [6, 6.07) is 13.1. The van der Waals surface area contributed by atoms with E-state index in [9.17, 15) is 14.7 Å². The van der Waals surface area contributed by atoms with Gasteiger partial charge in [0.2, 0.25) is 0 Å².